The summed E-state index contributed by atoms with van der Waals surface area (Å²) in [5.41, 5.74) is -2.14. The van der Waals surface area contributed by atoms with E-state index < -0.39 is 52.9 Å². The van der Waals surface area contributed by atoms with Crippen molar-refractivity contribution in [3.63, 3.8) is 0 Å². The maximum absolute atomic E-state index is 12.6. The van der Waals surface area contributed by atoms with Crippen molar-refractivity contribution < 1.29 is 33.4 Å². The third-order valence-corrected chi connectivity index (χ3v) is 3.93. The zero-order valence-electron chi connectivity index (χ0n) is 22.6. The summed E-state index contributed by atoms with van der Waals surface area (Å²) in [6.45, 7) is 15.8. The standard InChI is InChI=1S/C25H43N3O7/c1-11-14-17(27-21(31)34-24(5,6)7)19(29)26-16-13-12-15-18(20(30)33-23(2,3)4)28-22(32)35-25(8,9)10/h1,17-18H,12-16H2,2-10H3,(H,26,29)(H,27,31)(H,28,32)/t17-,18+/m1/s1. The van der Waals surface area contributed by atoms with Crippen molar-refractivity contribution in [1.82, 2.24) is 16.0 Å². The number of terminal acetylenes is 1. The Labute approximate surface area is 209 Å². The first-order valence-corrected chi connectivity index (χ1v) is 11.8. The van der Waals surface area contributed by atoms with E-state index in [2.05, 4.69) is 21.9 Å². The van der Waals surface area contributed by atoms with E-state index in [1.165, 1.54) is 0 Å². The van der Waals surface area contributed by atoms with E-state index in [-0.39, 0.29) is 19.4 Å². The topological polar surface area (TPSA) is 132 Å². The van der Waals surface area contributed by atoms with Crippen molar-refractivity contribution in [2.24, 2.45) is 0 Å². The summed E-state index contributed by atoms with van der Waals surface area (Å²) >= 11 is 0. The Balaban J connectivity index is 4.82. The Kier molecular flexibility index (Phi) is 12.6. The number of ether oxygens (including phenoxy) is 3. The zero-order valence-corrected chi connectivity index (χ0v) is 22.6. The van der Waals surface area contributed by atoms with Crippen LogP contribution in [0.15, 0.2) is 0 Å². The summed E-state index contributed by atoms with van der Waals surface area (Å²) in [5.74, 6) is 1.36. The largest absolute Gasteiger partial charge is 0.458 e. The van der Waals surface area contributed by atoms with Crippen molar-refractivity contribution in [3.8, 4) is 12.3 Å². The van der Waals surface area contributed by atoms with Crippen LogP contribution in [0.4, 0.5) is 9.59 Å². The van der Waals surface area contributed by atoms with Gasteiger partial charge in [0.15, 0.2) is 0 Å². The first kappa shape index (κ1) is 32.0. The summed E-state index contributed by atoms with van der Waals surface area (Å²) in [5, 5.41) is 7.75. The normalized spacial score (nSPS) is 13.5. The molecule has 0 saturated carbocycles. The highest BCUT2D eigenvalue weighted by molar-refractivity contribution is 5.86. The fraction of sp³-hybridized carbons (Fsp3) is 0.760. The summed E-state index contributed by atoms with van der Waals surface area (Å²) in [4.78, 5) is 49.1. The van der Waals surface area contributed by atoms with Crippen molar-refractivity contribution in [2.45, 2.75) is 117 Å². The van der Waals surface area contributed by atoms with Crippen LogP contribution in [0.3, 0.4) is 0 Å². The minimum absolute atomic E-state index is 0.00556. The average molecular weight is 498 g/mol. The lowest BCUT2D eigenvalue weighted by Gasteiger charge is -2.26. The highest BCUT2D eigenvalue weighted by atomic mass is 16.6. The Morgan fingerprint density at radius 3 is 1.63 bits per heavy atom. The Hall–Kier alpha value is -2.96. The second-order valence-corrected chi connectivity index (χ2v) is 11.1. The second kappa shape index (κ2) is 13.8. The van der Waals surface area contributed by atoms with Crippen LogP contribution in [-0.2, 0) is 23.8 Å². The monoisotopic (exact) mass is 497 g/mol. The van der Waals surface area contributed by atoms with Crippen molar-refractivity contribution >= 4 is 24.1 Å². The number of hydrogen-bond donors (Lipinski definition) is 3. The van der Waals surface area contributed by atoms with Gasteiger partial charge >= 0.3 is 18.2 Å². The molecule has 3 N–H and O–H groups in total. The molecule has 0 aromatic heterocycles. The molecule has 0 heterocycles. The molecule has 0 aromatic carbocycles. The van der Waals surface area contributed by atoms with Crippen LogP contribution in [0, 0.1) is 12.3 Å². The molecule has 0 aliphatic carbocycles. The van der Waals surface area contributed by atoms with Crippen LogP contribution in [-0.4, -0.2) is 59.5 Å². The molecule has 2 atom stereocenters. The fourth-order valence-electron chi connectivity index (χ4n) is 2.66. The number of alkyl carbamates (subject to hydrolysis) is 2. The predicted octanol–water partition coefficient (Wildman–Crippen LogP) is 3.42. The Morgan fingerprint density at radius 1 is 0.743 bits per heavy atom. The molecule has 10 heteroatoms. The molecule has 0 rings (SSSR count). The minimum Gasteiger partial charge on any atom is -0.458 e. The molecule has 0 saturated heterocycles. The average Bonchev–Trinajstić information content (AvgIpc) is 2.61. The van der Waals surface area contributed by atoms with Gasteiger partial charge in [-0.3, -0.25) is 4.79 Å². The van der Waals surface area contributed by atoms with E-state index in [4.69, 9.17) is 20.6 Å². The van der Waals surface area contributed by atoms with Crippen molar-refractivity contribution in [2.75, 3.05) is 6.54 Å². The molecule has 3 amide bonds. The van der Waals surface area contributed by atoms with Gasteiger partial charge in [0.25, 0.3) is 0 Å². The van der Waals surface area contributed by atoms with Crippen LogP contribution < -0.4 is 16.0 Å². The minimum atomic E-state index is -0.932. The maximum Gasteiger partial charge on any atom is 0.408 e. The molecule has 0 aliphatic rings. The van der Waals surface area contributed by atoms with E-state index in [0.29, 0.717) is 12.8 Å². The van der Waals surface area contributed by atoms with E-state index in [9.17, 15) is 19.2 Å². The third kappa shape index (κ3) is 17.2. The number of amides is 3. The summed E-state index contributed by atoms with van der Waals surface area (Å²) in [7, 11) is 0. The number of esters is 1. The van der Waals surface area contributed by atoms with Crippen LogP contribution >= 0.6 is 0 Å². The Bertz CT molecular complexity index is 768. The van der Waals surface area contributed by atoms with Crippen LogP contribution in [0.1, 0.15) is 88.0 Å². The highest BCUT2D eigenvalue weighted by Gasteiger charge is 2.28. The van der Waals surface area contributed by atoms with Crippen molar-refractivity contribution in [3.05, 3.63) is 0 Å². The van der Waals surface area contributed by atoms with E-state index in [0.717, 1.165) is 0 Å². The molecule has 0 aliphatic heterocycles. The number of unbranched alkanes of at least 4 members (excludes halogenated alkanes) is 1. The highest BCUT2D eigenvalue weighted by Crippen LogP contribution is 2.13. The van der Waals surface area contributed by atoms with Gasteiger partial charge in [-0.1, -0.05) is 0 Å². The molecule has 0 radical (unpaired) electrons. The quantitative estimate of drug-likeness (QED) is 0.182. The first-order valence-electron chi connectivity index (χ1n) is 11.8. The van der Waals surface area contributed by atoms with Gasteiger partial charge in [-0.05, 0) is 81.6 Å². The molecule has 35 heavy (non-hydrogen) atoms. The molecule has 0 unspecified atom stereocenters. The molecule has 0 aromatic rings. The molecule has 10 nitrogen and oxygen atoms in total. The molecular weight excluding hydrogens is 454 g/mol. The number of carbonyl (C=O) groups is 4. The summed E-state index contributed by atoms with van der Waals surface area (Å²) < 4.78 is 15.8. The molecule has 0 spiro atoms. The predicted molar refractivity (Wildman–Crippen MR) is 132 cm³/mol. The molecule has 200 valence electrons. The van der Waals surface area contributed by atoms with Gasteiger partial charge in [0, 0.05) is 13.0 Å². The lowest BCUT2D eigenvalue weighted by molar-refractivity contribution is -0.157. The van der Waals surface area contributed by atoms with Gasteiger partial charge in [-0.15, -0.1) is 12.3 Å². The second-order valence-electron chi connectivity index (χ2n) is 11.1. The summed E-state index contributed by atoms with van der Waals surface area (Å²) in [6.07, 6.45) is 5.17. The van der Waals surface area contributed by atoms with E-state index in [1.807, 2.05) is 0 Å². The van der Waals surface area contributed by atoms with E-state index >= 15 is 0 Å². The van der Waals surface area contributed by atoms with Gasteiger partial charge < -0.3 is 30.2 Å². The van der Waals surface area contributed by atoms with Crippen LogP contribution in [0.25, 0.3) is 0 Å². The molecule has 0 bridgehead atoms. The van der Waals surface area contributed by atoms with Gasteiger partial charge in [0.05, 0.1) is 0 Å². The van der Waals surface area contributed by atoms with E-state index in [1.54, 1.807) is 62.3 Å². The Morgan fingerprint density at radius 2 is 1.20 bits per heavy atom. The smallest absolute Gasteiger partial charge is 0.408 e. The van der Waals surface area contributed by atoms with Gasteiger partial charge in [0.2, 0.25) is 5.91 Å². The van der Waals surface area contributed by atoms with Gasteiger partial charge in [-0.25, -0.2) is 14.4 Å². The number of hydrogen-bond acceptors (Lipinski definition) is 7. The van der Waals surface area contributed by atoms with Gasteiger partial charge in [-0.2, -0.15) is 0 Å². The van der Waals surface area contributed by atoms with Crippen molar-refractivity contribution in [1.29, 1.82) is 0 Å². The van der Waals surface area contributed by atoms with Crippen LogP contribution in [0.2, 0.25) is 0 Å². The number of nitrogens with one attached hydrogen (secondary N) is 3. The number of carbonyl (C=O) groups excluding carboxylic acids is 4. The molecular formula is C25H43N3O7. The first-order chi connectivity index (χ1) is 15.8. The van der Waals surface area contributed by atoms with Crippen LogP contribution in [0.5, 0.6) is 0 Å². The lowest BCUT2D eigenvalue weighted by Crippen LogP contribution is -2.48. The lowest BCUT2D eigenvalue weighted by atomic mass is 10.1. The molecule has 0 fully saturated rings. The third-order valence-electron chi connectivity index (χ3n) is 3.93. The number of rotatable bonds is 10. The SMILES string of the molecule is C#CC[C@@H](NC(=O)OC(C)(C)C)C(=O)NCCCC[C@H](NC(=O)OC(C)(C)C)C(=O)OC(C)(C)C. The summed E-state index contributed by atoms with van der Waals surface area (Å²) in [6, 6.07) is -1.83. The zero-order chi connectivity index (χ0) is 27.4. The fourth-order valence-corrected chi connectivity index (χ4v) is 2.66. The maximum atomic E-state index is 12.6. The van der Waals surface area contributed by atoms with Gasteiger partial charge in [0.1, 0.15) is 28.9 Å².